The highest BCUT2D eigenvalue weighted by Gasteiger charge is 2.35. The average molecular weight is 393 g/mol. The van der Waals surface area contributed by atoms with E-state index >= 15 is 0 Å². The Labute approximate surface area is 174 Å². The Kier molecular flexibility index (Phi) is 6.50. The number of likely N-dealkylation sites (tertiary alicyclic amines) is 1. The largest absolute Gasteiger partial charge is 0.474 e. The van der Waals surface area contributed by atoms with Crippen LogP contribution in [-0.4, -0.2) is 37.0 Å². The first kappa shape index (κ1) is 20.0. The van der Waals surface area contributed by atoms with Crippen molar-refractivity contribution in [3.8, 4) is 5.75 Å². The van der Waals surface area contributed by atoms with Gasteiger partial charge in [-0.1, -0.05) is 49.2 Å². The molecule has 0 radical (unpaired) electrons. The number of ether oxygens (including phenoxy) is 1. The van der Waals surface area contributed by atoms with Crippen LogP contribution in [0.2, 0.25) is 0 Å². The molecule has 4 rings (SSSR count). The molecule has 0 saturated carbocycles. The van der Waals surface area contributed by atoms with Crippen LogP contribution in [0.15, 0.2) is 48.5 Å². The van der Waals surface area contributed by atoms with Gasteiger partial charge >= 0.3 is 0 Å². The fourth-order valence-electron chi connectivity index (χ4n) is 4.41. The van der Waals surface area contributed by atoms with Crippen molar-refractivity contribution in [2.24, 2.45) is 0 Å². The third-order valence-corrected chi connectivity index (χ3v) is 6.05. The molecular formula is C25H32N2O2. The maximum Gasteiger partial charge on any atom is 0.272 e. The zero-order chi connectivity index (χ0) is 20.1. The molecule has 1 saturated heterocycles. The van der Waals surface area contributed by atoms with Crippen LogP contribution in [-0.2, 0) is 4.79 Å². The first-order valence-electron chi connectivity index (χ1n) is 11.1. The summed E-state index contributed by atoms with van der Waals surface area (Å²) >= 11 is 0. The van der Waals surface area contributed by atoms with Crippen molar-refractivity contribution in [2.75, 3.05) is 31.1 Å². The van der Waals surface area contributed by atoms with Crippen molar-refractivity contribution in [3.05, 3.63) is 59.7 Å². The molecule has 29 heavy (non-hydrogen) atoms. The van der Waals surface area contributed by atoms with Crippen molar-refractivity contribution in [3.63, 3.8) is 0 Å². The van der Waals surface area contributed by atoms with Gasteiger partial charge in [0.25, 0.3) is 5.91 Å². The lowest BCUT2D eigenvalue weighted by atomic mass is 10.0. The Morgan fingerprint density at radius 3 is 2.48 bits per heavy atom. The van der Waals surface area contributed by atoms with Gasteiger partial charge in [0, 0.05) is 12.1 Å². The summed E-state index contributed by atoms with van der Waals surface area (Å²) in [6, 6.07) is 15.9. The second kappa shape index (κ2) is 9.45. The van der Waals surface area contributed by atoms with Crippen LogP contribution in [0.3, 0.4) is 0 Å². The lowest BCUT2D eigenvalue weighted by molar-refractivity contribution is -0.126. The Bertz CT molecular complexity index is 815. The van der Waals surface area contributed by atoms with E-state index in [1.54, 1.807) is 0 Å². The molecule has 1 fully saturated rings. The summed E-state index contributed by atoms with van der Waals surface area (Å²) in [7, 11) is 0. The van der Waals surface area contributed by atoms with E-state index in [2.05, 4.69) is 17.9 Å². The number of hydrogen-bond donors (Lipinski definition) is 0. The molecule has 2 aliphatic rings. The second-order valence-corrected chi connectivity index (χ2v) is 8.33. The molecule has 0 bridgehead atoms. The van der Waals surface area contributed by atoms with Gasteiger partial charge in [0.1, 0.15) is 5.75 Å². The summed E-state index contributed by atoms with van der Waals surface area (Å²) in [6.45, 7) is 6.52. The van der Waals surface area contributed by atoms with Gasteiger partial charge in [0.2, 0.25) is 6.10 Å². The molecule has 154 valence electrons. The Morgan fingerprint density at radius 1 is 0.931 bits per heavy atom. The van der Waals surface area contributed by atoms with Gasteiger partial charge < -0.3 is 14.5 Å². The lowest BCUT2D eigenvalue weighted by Crippen LogP contribution is -2.41. The lowest BCUT2D eigenvalue weighted by Gasteiger charge is -2.35. The second-order valence-electron chi connectivity index (χ2n) is 8.33. The fourth-order valence-corrected chi connectivity index (χ4v) is 4.41. The van der Waals surface area contributed by atoms with Crippen molar-refractivity contribution < 1.29 is 9.53 Å². The Balaban J connectivity index is 1.41. The Morgan fingerprint density at radius 2 is 1.69 bits per heavy atom. The first-order chi connectivity index (χ1) is 14.2. The molecular weight excluding hydrogens is 360 g/mol. The molecule has 1 amide bonds. The van der Waals surface area contributed by atoms with Gasteiger partial charge in [-0.05, 0) is 69.9 Å². The highest BCUT2D eigenvalue weighted by Crippen LogP contribution is 2.39. The molecule has 4 nitrogen and oxygen atoms in total. The minimum absolute atomic E-state index is 0.0466. The fraction of sp³-hybridized carbons (Fsp3) is 0.480. The van der Waals surface area contributed by atoms with Gasteiger partial charge in [-0.25, -0.2) is 0 Å². The predicted molar refractivity (Wildman–Crippen MR) is 117 cm³/mol. The van der Waals surface area contributed by atoms with E-state index in [1.807, 2.05) is 47.4 Å². The number of piperidine rings is 1. The van der Waals surface area contributed by atoms with Crippen molar-refractivity contribution >= 4 is 11.6 Å². The normalized spacial score (nSPS) is 19.7. The highest BCUT2D eigenvalue weighted by atomic mass is 16.5. The van der Waals surface area contributed by atoms with E-state index in [1.165, 1.54) is 45.3 Å². The van der Waals surface area contributed by atoms with Crippen molar-refractivity contribution in [2.45, 2.75) is 51.6 Å². The molecule has 2 aromatic rings. The molecule has 1 atom stereocenters. The average Bonchev–Trinajstić information content (AvgIpc) is 2.76. The van der Waals surface area contributed by atoms with Crippen LogP contribution < -0.4 is 9.64 Å². The maximum atomic E-state index is 13.3. The molecule has 0 N–H and O–H groups in total. The van der Waals surface area contributed by atoms with Crippen LogP contribution in [0, 0.1) is 6.92 Å². The van der Waals surface area contributed by atoms with E-state index in [0.717, 1.165) is 42.0 Å². The molecule has 0 aromatic heterocycles. The number of rotatable bonds is 7. The molecule has 2 heterocycles. The summed E-state index contributed by atoms with van der Waals surface area (Å²) in [5.74, 6) is 0.850. The molecule has 2 aromatic carbocycles. The minimum atomic E-state index is -0.556. The number of carbonyl (C=O) groups is 1. The number of fused-ring (bicyclic) bond motifs is 1. The number of benzene rings is 2. The predicted octanol–water partition coefficient (Wildman–Crippen LogP) is 5.12. The number of carbonyl (C=O) groups excluding carboxylic acids is 1. The first-order valence-corrected chi connectivity index (χ1v) is 11.1. The minimum Gasteiger partial charge on any atom is -0.474 e. The third kappa shape index (κ3) is 4.81. The Hall–Kier alpha value is -2.33. The van der Waals surface area contributed by atoms with Gasteiger partial charge in [-0.15, -0.1) is 0 Å². The maximum absolute atomic E-state index is 13.3. The van der Waals surface area contributed by atoms with Gasteiger partial charge in [-0.3, -0.25) is 4.79 Å². The quantitative estimate of drug-likeness (QED) is 0.613. The number of aryl methyl sites for hydroxylation is 1. The van der Waals surface area contributed by atoms with Crippen LogP contribution in [0.4, 0.5) is 5.69 Å². The van der Waals surface area contributed by atoms with Gasteiger partial charge in [0.05, 0.1) is 5.69 Å². The van der Waals surface area contributed by atoms with Gasteiger partial charge in [-0.2, -0.15) is 0 Å². The zero-order valence-corrected chi connectivity index (χ0v) is 17.5. The van der Waals surface area contributed by atoms with E-state index in [0.29, 0.717) is 0 Å². The van der Waals surface area contributed by atoms with Crippen molar-refractivity contribution in [1.82, 2.24) is 4.90 Å². The monoisotopic (exact) mass is 392 g/mol. The standard InChI is InChI=1S/C25H32N2O2/c1-20-13-14-23-22(19-20)27(18-10-4-9-17-26-15-7-3-8-16-26)25(28)24(29-23)21-11-5-2-6-12-21/h2,5-6,11-14,19,24H,3-4,7-10,15-18H2,1H3. The van der Waals surface area contributed by atoms with E-state index in [4.69, 9.17) is 4.74 Å². The van der Waals surface area contributed by atoms with Crippen LogP contribution in [0.25, 0.3) is 0 Å². The highest BCUT2D eigenvalue weighted by molar-refractivity contribution is 6.00. The van der Waals surface area contributed by atoms with Crippen LogP contribution in [0.1, 0.15) is 55.8 Å². The summed E-state index contributed by atoms with van der Waals surface area (Å²) in [4.78, 5) is 17.8. The van der Waals surface area contributed by atoms with Crippen LogP contribution >= 0.6 is 0 Å². The topological polar surface area (TPSA) is 32.8 Å². The zero-order valence-electron chi connectivity index (χ0n) is 17.5. The third-order valence-electron chi connectivity index (χ3n) is 6.05. The van der Waals surface area contributed by atoms with Crippen molar-refractivity contribution in [1.29, 1.82) is 0 Å². The molecule has 0 spiro atoms. The smallest absolute Gasteiger partial charge is 0.272 e. The molecule has 0 aliphatic carbocycles. The van der Waals surface area contributed by atoms with E-state index in [-0.39, 0.29) is 5.91 Å². The number of hydrogen-bond acceptors (Lipinski definition) is 3. The van der Waals surface area contributed by atoms with Gasteiger partial charge in [0.15, 0.2) is 0 Å². The number of nitrogens with zero attached hydrogens (tertiary/aromatic N) is 2. The molecule has 4 heteroatoms. The SMILES string of the molecule is Cc1ccc2c(c1)N(CCCCCN1CCCCC1)C(=O)C(c1ccccc1)O2. The number of anilines is 1. The number of unbranched alkanes of at least 4 members (excludes halogenated alkanes) is 2. The summed E-state index contributed by atoms with van der Waals surface area (Å²) in [5.41, 5.74) is 2.98. The summed E-state index contributed by atoms with van der Waals surface area (Å²) in [6.07, 6.45) is 6.91. The summed E-state index contributed by atoms with van der Waals surface area (Å²) < 4.78 is 6.12. The molecule has 1 unspecified atom stereocenters. The van der Waals surface area contributed by atoms with E-state index in [9.17, 15) is 4.79 Å². The summed E-state index contributed by atoms with van der Waals surface area (Å²) in [5, 5.41) is 0. The number of amides is 1. The van der Waals surface area contributed by atoms with Crippen LogP contribution in [0.5, 0.6) is 5.75 Å². The molecule has 2 aliphatic heterocycles. The van der Waals surface area contributed by atoms with E-state index < -0.39 is 6.10 Å².